The van der Waals surface area contributed by atoms with Crippen molar-refractivity contribution in [3.63, 3.8) is 0 Å². The molecule has 2 unspecified atom stereocenters. The molecule has 2 aliphatic rings. The van der Waals surface area contributed by atoms with Gasteiger partial charge in [-0.25, -0.2) is 20.6 Å². The molecule has 2 heterocycles. The van der Waals surface area contributed by atoms with Gasteiger partial charge in [0.2, 0.25) is 5.91 Å². The summed E-state index contributed by atoms with van der Waals surface area (Å²) < 4.78 is 46.6. The van der Waals surface area contributed by atoms with E-state index in [1.165, 1.54) is 25.7 Å². The van der Waals surface area contributed by atoms with Crippen molar-refractivity contribution in [2.75, 3.05) is 12.4 Å². The van der Waals surface area contributed by atoms with Crippen LogP contribution in [0.1, 0.15) is 80.1 Å². The first-order valence-electron chi connectivity index (χ1n) is 12.9. The number of hydrogen-bond acceptors (Lipinski definition) is 6. The molecule has 1 saturated heterocycles. The zero-order valence-corrected chi connectivity index (χ0v) is 20.9. The summed E-state index contributed by atoms with van der Waals surface area (Å²) >= 11 is 0. The summed E-state index contributed by atoms with van der Waals surface area (Å²) in [5.41, 5.74) is 4.72. The van der Waals surface area contributed by atoms with Crippen molar-refractivity contribution >= 4 is 17.6 Å². The highest BCUT2D eigenvalue weighted by Gasteiger charge is 2.44. The van der Waals surface area contributed by atoms with Crippen LogP contribution >= 0.6 is 0 Å². The van der Waals surface area contributed by atoms with E-state index in [1.54, 1.807) is 12.5 Å². The fourth-order valence-electron chi connectivity index (χ4n) is 5.56. The van der Waals surface area contributed by atoms with Crippen LogP contribution in [-0.2, 0) is 21.4 Å². The second-order valence-corrected chi connectivity index (χ2v) is 9.89. The molecule has 2 aromatic rings. The first-order chi connectivity index (χ1) is 17.7. The van der Waals surface area contributed by atoms with Crippen molar-refractivity contribution in [1.29, 1.82) is 0 Å². The molecule has 202 valence electrons. The zero-order chi connectivity index (χ0) is 26.5. The van der Waals surface area contributed by atoms with E-state index in [-0.39, 0.29) is 11.3 Å². The van der Waals surface area contributed by atoms with Crippen LogP contribution in [0.5, 0.6) is 0 Å². The highest BCUT2D eigenvalue weighted by molar-refractivity contribution is 6.03. The molecule has 37 heavy (non-hydrogen) atoms. The number of anilines is 1. The minimum Gasteiger partial charge on any atom is -0.465 e. The van der Waals surface area contributed by atoms with E-state index < -0.39 is 35.3 Å². The van der Waals surface area contributed by atoms with Gasteiger partial charge >= 0.3 is 12.1 Å². The van der Waals surface area contributed by atoms with Crippen LogP contribution in [0.15, 0.2) is 36.9 Å². The molecule has 2 fully saturated rings. The number of alkyl halides is 3. The van der Waals surface area contributed by atoms with Crippen molar-refractivity contribution in [2.24, 2.45) is 5.92 Å². The van der Waals surface area contributed by atoms with Gasteiger partial charge in [-0.3, -0.25) is 4.79 Å². The lowest BCUT2D eigenvalue weighted by molar-refractivity contribution is -0.137. The first-order valence-corrected chi connectivity index (χ1v) is 12.9. The summed E-state index contributed by atoms with van der Waals surface area (Å²) in [6, 6.07) is 1.85. The third kappa shape index (κ3) is 6.15. The van der Waals surface area contributed by atoms with Gasteiger partial charge in [-0.2, -0.15) is 13.2 Å². The molecule has 1 amide bonds. The number of halogens is 3. The summed E-state index contributed by atoms with van der Waals surface area (Å²) in [5.74, 6) is -1.05. The van der Waals surface area contributed by atoms with Gasteiger partial charge in [0.25, 0.3) is 0 Å². The monoisotopic (exact) mass is 521 g/mol. The van der Waals surface area contributed by atoms with E-state index in [2.05, 4.69) is 30.5 Å². The average Bonchev–Trinajstić information content (AvgIpc) is 3.47. The second-order valence-electron chi connectivity index (χ2n) is 9.89. The smallest absolute Gasteiger partial charge is 0.416 e. The van der Waals surface area contributed by atoms with Crippen LogP contribution in [-0.4, -0.2) is 34.6 Å². The molecule has 1 aliphatic carbocycles. The standard InChI is InChI=1S/C26H34F3N5O3/c1-37-24(36)20-11-10-19(26(27,28)29)16-22(20)31-23(35)21-12-13-25(33-32-21,34-15-14-30-17-34)18-8-6-4-2-3-5-7-9-18/h10-11,14-18,21,32-33H,2-9,12-13H2,1H3,(H,31,35). The number of methoxy groups -OCH3 is 1. The molecule has 1 aromatic heterocycles. The van der Waals surface area contributed by atoms with Gasteiger partial charge in [0.15, 0.2) is 0 Å². The third-order valence-electron chi connectivity index (χ3n) is 7.60. The fourth-order valence-corrected chi connectivity index (χ4v) is 5.56. The molecule has 1 saturated carbocycles. The number of carbonyl (C=O) groups excluding carboxylic acids is 2. The van der Waals surface area contributed by atoms with Gasteiger partial charge < -0.3 is 14.6 Å². The Hall–Kier alpha value is -2.92. The lowest BCUT2D eigenvalue weighted by Gasteiger charge is -2.47. The Morgan fingerprint density at radius 2 is 1.81 bits per heavy atom. The maximum atomic E-state index is 13.3. The second kappa shape index (κ2) is 11.6. The van der Waals surface area contributed by atoms with Gasteiger partial charge in [-0.05, 0) is 49.8 Å². The molecule has 0 radical (unpaired) electrons. The molecular weight excluding hydrogens is 487 g/mol. The molecule has 1 aromatic carbocycles. The average molecular weight is 522 g/mol. The Kier molecular flexibility index (Phi) is 8.53. The molecule has 11 heteroatoms. The molecule has 2 atom stereocenters. The van der Waals surface area contributed by atoms with Crippen molar-refractivity contribution in [2.45, 2.75) is 82.1 Å². The Morgan fingerprint density at radius 1 is 1.11 bits per heavy atom. The first kappa shape index (κ1) is 27.1. The van der Waals surface area contributed by atoms with E-state index >= 15 is 0 Å². The molecule has 0 spiro atoms. The molecular formula is C26H34F3N5O3. The van der Waals surface area contributed by atoms with E-state index in [4.69, 9.17) is 0 Å². The zero-order valence-electron chi connectivity index (χ0n) is 20.9. The van der Waals surface area contributed by atoms with Crippen LogP contribution < -0.4 is 16.2 Å². The third-order valence-corrected chi connectivity index (χ3v) is 7.60. The van der Waals surface area contributed by atoms with Crippen LogP contribution in [0, 0.1) is 5.92 Å². The number of benzene rings is 1. The van der Waals surface area contributed by atoms with E-state index in [9.17, 15) is 22.8 Å². The number of imidazole rings is 1. The van der Waals surface area contributed by atoms with Crippen LogP contribution in [0.4, 0.5) is 18.9 Å². The van der Waals surface area contributed by atoms with Gasteiger partial charge in [-0.1, -0.05) is 38.5 Å². The van der Waals surface area contributed by atoms with Gasteiger partial charge in [-0.15, -0.1) is 0 Å². The van der Waals surface area contributed by atoms with Crippen LogP contribution in [0.3, 0.4) is 0 Å². The highest BCUT2D eigenvalue weighted by atomic mass is 19.4. The fraction of sp³-hybridized carbons (Fsp3) is 0.577. The minimum absolute atomic E-state index is 0.147. The number of rotatable bonds is 5. The van der Waals surface area contributed by atoms with Gasteiger partial charge in [0, 0.05) is 12.4 Å². The number of hydrogen-bond donors (Lipinski definition) is 3. The molecule has 0 bridgehead atoms. The van der Waals surface area contributed by atoms with Crippen LogP contribution in [0.25, 0.3) is 0 Å². The lowest BCUT2D eigenvalue weighted by atomic mass is 9.79. The van der Waals surface area contributed by atoms with E-state index in [0.29, 0.717) is 18.8 Å². The Bertz CT molecular complexity index is 1060. The summed E-state index contributed by atoms with van der Waals surface area (Å²) in [6.07, 6.45) is 11.2. The van der Waals surface area contributed by atoms with Gasteiger partial charge in [0.1, 0.15) is 11.7 Å². The Labute approximate surface area is 214 Å². The number of esters is 1. The van der Waals surface area contributed by atoms with Crippen molar-refractivity contribution in [3.05, 3.63) is 48.0 Å². The number of hydrazine groups is 1. The quantitative estimate of drug-likeness (QED) is 0.480. The largest absolute Gasteiger partial charge is 0.465 e. The van der Waals surface area contributed by atoms with Crippen molar-refractivity contribution in [3.8, 4) is 0 Å². The molecule has 8 nitrogen and oxygen atoms in total. The Balaban J connectivity index is 1.52. The lowest BCUT2D eigenvalue weighted by Crippen LogP contribution is -2.65. The SMILES string of the molecule is COC(=O)c1ccc(C(F)(F)F)cc1NC(=O)C1CCC(C2CCCCCCCC2)(n2ccnc2)NN1. The highest BCUT2D eigenvalue weighted by Crippen LogP contribution is 2.39. The maximum Gasteiger partial charge on any atom is 0.416 e. The van der Waals surface area contributed by atoms with E-state index in [0.717, 1.165) is 51.0 Å². The normalized spacial score (nSPS) is 23.9. The summed E-state index contributed by atoms with van der Waals surface area (Å²) in [7, 11) is 1.13. The van der Waals surface area contributed by atoms with Crippen LogP contribution in [0.2, 0.25) is 0 Å². The number of aromatic nitrogens is 2. The number of ether oxygens (including phenoxy) is 1. The maximum absolute atomic E-state index is 13.3. The molecule has 1 aliphatic heterocycles. The minimum atomic E-state index is -4.63. The predicted molar refractivity (Wildman–Crippen MR) is 131 cm³/mol. The molecule has 3 N–H and O–H groups in total. The van der Waals surface area contributed by atoms with Crippen molar-refractivity contribution < 1.29 is 27.5 Å². The Morgan fingerprint density at radius 3 is 2.38 bits per heavy atom. The summed E-state index contributed by atoms with van der Waals surface area (Å²) in [5, 5.41) is 2.51. The molecule has 4 rings (SSSR count). The summed E-state index contributed by atoms with van der Waals surface area (Å²) in [4.78, 5) is 29.5. The number of nitrogens with zero attached hydrogens (tertiary/aromatic N) is 2. The van der Waals surface area contributed by atoms with Crippen molar-refractivity contribution in [1.82, 2.24) is 20.4 Å². The predicted octanol–water partition coefficient (Wildman–Crippen LogP) is 4.99. The van der Waals surface area contributed by atoms with E-state index in [1.807, 2.05) is 6.20 Å². The number of carbonyl (C=O) groups is 2. The van der Waals surface area contributed by atoms with Gasteiger partial charge in [0.05, 0.1) is 30.3 Å². The number of nitrogens with one attached hydrogen (secondary N) is 3. The topological polar surface area (TPSA) is 97.3 Å². The summed E-state index contributed by atoms with van der Waals surface area (Å²) in [6.45, 7) is 0. The number of amides is 1.